The minimum absolute atomic E-state index is 0.0315. The van der Waals surface area contributed by atoms with Gasteiger partial charge in [-0.1, -0.05) is 12.1 Å². The molecule has 0 unspecified atom stereocenters. The standard InChI is InChI=1S/C17H19NO4/c1-20-14-6-8-15(9-7-14)22-12-17(19)18-11-13-4-3-5-16(10-13)21-2/h3-10H,11-12H2,1-2H3,(H,18,19). The smallest absolute Gasteiger partial charge is 0.258 e. The van der Waals surface area contributed by atoms with Gasteiger partial charge in [-0.3, -0.25) is 4.79 Å². The first-order chi connectivity index (χ1) is 10.7. The van der Waals surface area contributed by atoms with E-state index in [4.69, 9.17) is 14.2 Å². The van der Waals surface area contributed by atoms with Crippen molar-refractivity contribution in [2.75, 3.05) is 20.8 Å². The molecule has 2 aromatic rings. The Balaban J connectivity index is 1.77. The second-order valence-electron chi connectivity index (χ2n) is 4.59. The second-order valence-corrected chi connectivity index (χ2v) is 4.59. The summed E-state index contributed by atoms with van der Waals surface area (Å²) in [5.74, 6) is 1.95. The van der Waals surface area contributed by atoms with Crippen LogP contribution in [0.15, 0.2) is 48.5 Å². The summed E-state index contributed by atoms with van der Waals surface area (Å²) < 4.78 is 15.6. The Labute approximate surface area is 129 Å². The van der Waals surface area contributed by atoms with Gasteiger partial charge in [0.2, 0.25) is 0 Å². The molecular formula is C17H19NO4. The maximum atomic E-state index is 11.8. The van der Waals surface area contributed by atoms with E-state index < -0.39 is 0 Å². The van der Waals surface area contributed by atoms with Crippen LogP contribution < -0.4 is 19.5 Å². The third kappa shape index (κ3) is 4.70. The van der Waals surface area contributed by atoms with Crippen molar-refractivity contribution in [1.82, 2.24) is 5.32 Å². The fraction of sp³-hybridized carbons (Fsp3) is 0.235. The van der Waals surface area contributed by atoms with Gasteiger partial charge in [-0.05, 0) is 42.0 Å². The highest BCUT2D eigenvalue weighted by atomic mass is 16.5. The van der Waals surface area contributed by atoms with Crippen molar-refractivity contribution in [3.05, 3.63) is 54.1 Å². The molecule has 5 nitrogen and oxygen atoms in total. The van der Waals surface area contributed by atoms with E-state index in [2.05, 4.69) is 5.32 Å². The summed E-state index contributed by atoms with van der Waals surface area (Å²) in [7, 11) is 3.21. The summed E-state index contributed by atoms with van der Waals surface area (Å²) in [6, 6.07) is 14.6. The largest absolute Gasteiger partial charge is 0.497 e. The quantitative estimate of drug-likeness (QED) is 0.853. The van der Waals surface area contributed by atoms with E-state index in [9.17, 15) is 4.79 Å². The van der Waals surface area contributed by atoms with Gasteiger partial charge in [0.05, 0.1) is 14.2 Å². The predicted molar refractivity (Wildman–Crippen MR) is 83.3 cm³/mol. The van der Waals surface area contributed by atoms with E-state index in [0.29, 0.717) is 12.3 Å². The molecule has 0 fully saturated rings. The topological polar surface area (TPSA) is 56.8 Å². The highest BCUT2D eigenvalue weighted by Gasteiger charge is 2.04. The molecule has 0 saturated carbocycles. The molecule has 0 aromatic heterocycles. The van der Waals surface area contributed by atoms with E-state index >= 15 is 0 Å². The van der Waals surface area contributed by atoms with Crippen molar-refractivity contribution in [3.8, 4) is 17.2 Å². The van der Waals surface area contributed by atoms with Crippen LogP contribution >= 0.6 is 0 Å². The lowest BCUT2D eigenvalue weighted by Gasteiger charge is -2.09. The Morgan fingerprint density at radius 1 is 0.955 bits per heavy atom. The van der Waals surface area contributed by atoms with Crippen molar-refractivity contribution in [2.45, 2.75) is 6.54 Å². The number of carbonyl (C=O) groups excluding carboxylic acids is 1. The van der Waals surface area contributed by atoms with E-state index in [1.54, 1.807) is 38.5 Å². The Bertz CT molecular complexity index is 610. The molecule has 5 heteroatoms. The van der Waals surface area contributed by atoms with Crippen LogP contribution in [0.1, 0.15) is 5.56 Å². The van der Waals surface area contributed by atoms with Gasteiger partial charge in [-0.15, -0.1) is 0 Å². The van der Waals surface area contributed by atoms with Gasteiger partial charge in [0, 0.05) is 6.54 Å². The summed E-state index contributed by atoms with van der Waals surface area (Å²) in [5, 5.41) is 2.80. The fourth-order valence-electron chi connectivity index (χ4n) is 1.85. The average Bonchev–Trinajstić information content (AvgIpc) is 2.58. The zero-order valence-corrected chi connectivity index (χ0v) is 12.7. The summed E-state index contributed by atoms with van der Waals surface area (Å²) in [6.07, 6.45) is 0. The number of hydrogen-bond acceptors (Lipinski definition) is 4. The number of amides is 1. The van der Waals surface area contributed by atoms with Gasteiger partial charge in [0.25, 0.3) is 5.91 Å². The molecule has 0 aliphatic heterocycles. The van der Waals surface area contributed by atoms with Crippen LogP contribution in [0.5, 0.6) is 17.2 Å². The molecule has 0 bridgehead atoms. The van der Waals surface area contributed by atoms with Gasteiger partial charge in [-0.2, -0.15) is 0 Å². The zero-order valence-electron chi connectivity index (χ0n) is 12.7. The van der Waals surface area contributed by atoms with Crippen molar-refractivity contribution >= 4 is 5.91 Å². The van der Waals surface area contributed by atoms with Crippen LogP contribution in [0.25, 0.3) is 0 Å². The summed E-state index contributed by atoms with van der Waals surface area (Å²) >= 11 is 0. The molecule has 0 spiro atoms. The van der Waals surface area contributed by atoms with E-state index in [-0.39, 0.29) is 12.5 Å². The third-order valence-electron chi connectivity index (χ3n) is 3.05. The van der Waals surface area contributed by atoms with Gasteiger partial charge in [-0.25, -0.2) is 0 Å². The molecule has 0 aliphatic carbocycles. The third-order valence-corrected chi connectivity index (χ3v) is 3.05. The maximum absolute atomic E-state index is 11.8. The van der Waals surface area contributed by atoms with Gasteiger partial charge >= 0.3 is 0 Å². The number of nitrogens with one attached hydrogen (secondary N) is 1. The summed E-state index contributed by atoms with van der Waals surface area (Å²) in [6.45, 7) is 0.401. The van der Waals surface area contributed by atoms with Crippen molar-refractivity contribution < 1.29 is 19.0 Å². The minimum Gasteiger partial charge on any atom is -0.497 e. The van der Waals surface area contributed by atoms with Crippen LogP contribution in [-0.2, 0) is 11.3 Å². The Kier molecular flexibility index (Phi) is 5.65. The van der Waals surface area contributed by atoms with E-state index in [1.165, 1.54) is 0 Å². The Morgan fingerprint density at radius 2 is 1.64 bits per heavy atom. The molecule has 22 heavy (non-hydrogen) atoms. The maximum Gasteiger partial charge on any atom is 0.258 e. The van der Waals surface area contributed by atoms with Crippen LogP contribution in [0.4, 0.5) is 0 Å². The van der Waals surface area contributed by atoms with Crippen molar-refractivity contribution in [2.24, 2.45) is 0 Å². The average molecular weight is 301 g/mol. The first-order valence-electron chi connectivity index (χ1n) is 6.88. The molecule has 0 heterocycles. The number of benzene rings is 2. The second kappa shape index (κ2) is 7.93. The molecule has 1 N–H and O–H groups in total. The minimum atomic E-state index is -0.182. The molecule has 0 radical (unpaired) electrons. The lowest BCUT2D eigenvalue weighted by atomic mass is 10.2. The number of carbonyl (C=O) groups is 1. The molecular weight excluding hydrogens is 282 g/mol. The monoisotopic (exact) mass is 301 g/mol. The molecule has 0 aliphatic rings. The van der Waals surface area contributed by atoms with E-state index in [1.807, 2.05) is 24.3 Å². The molecule has 0 saturated heterocycles. The summed E-state index contributed by atoms with van der Waals surface area (Å²) in [4.78, 5) is 11.8. The Morgan fingerprint density at radius 3 is 2.32 bits per heavy atom. The summed E-state index contributed by atoms with van der Waals surface area (Å²) in [5.41, 5.74) is 0.970. The van der Waals surface area contributed by atoms with Crippen molar-refractivity contribution in [3.63, 3.8) is 0 Å². The van der Waals surface area contributed by atoms with Gasteiger partial charge in [0.1, 0.15) is 17.2 Å². The number of ether oxygens (including phenoxy) is 3. The number of methoxy groups -OCH3 is 2. The Hall–Kier alpha value is -2.69. The normalized spacial score (nSPS) is 9.91. The molecule has 1 amide bonds. The predicted octanol–water partition coefficient (Wildman–Crippen LogP) is 2.40. The van der Waals surface area contributed by atoms with Gasteiger partial charge in [0.15, 0.2) is 6.61 Å². The number of rotatable bonds is 7. The highest BCUT2D eigenvalue weighted by Crippen LogP contribution is 2.16. The van der Waals surface area contributed by atoms with Crippen molar-refractivity contribution in [1.29, 1.82) is 0 Å². The molecule has 2 aromatic carbocycles. The first-order valence-corrected chi connectivity index (χ1v) is 6.88. The zero-order chi connectivity index (χ0) is 15.8. The number of hydrogen-bond donors (Lipinski definition) is 1. The SMILES string of the molecule is COc1ccc(OCC(=O)NCc2cccc(OC)c2)cc1. The van der Waals surface area contributed by atoms with Crippen LogP contribution in [0.2, 0.25) is 0 Å². The lowest BCUT2D eigenvalue weighted by Crippen LogP contribution is -2.28. The first kappa shape index (κ1) is 15.7. The molecule has 0 atom stereocenters. The van der Waals surface area contributed by atoms with Crippen LogP contribution in [0, 0.1) is 0 Å². The van der Waals surface area contributed by atoms with Crippen LogP contribution in [0.3, 0.4) is 0 Å². The lowest BCUT2D eigenvalue weighted by molar-refractivity contribution is -0.123. The van der Waals surface area contributed by atoms with Crippen LogP contribution in [-0.4, -0.2) is 26.7 Å². The fourth-order valence-corrected chi connectivity index (χ4v) is 1.85. The molecule has 116 valence electrons. The van der Waals surface area contributed by atoms with Gasteiger partial charge < -0.3 is 19.5 Å². The molecule has 2 rings (SSSR count). The highest BCUT2D eigenvalue weighted by molar-refractivity contribution is 5.77. The van der Waals surface area contributed by atoms with E-state index in [0.717, 1.165) is 17.1 Å².